The van der Waals surface area contributed by atoms with Gasteiger partial charge < -0.3 is 20.1 Å². The molecule has 2 aliphatic rings. The number of anilines is 1. The highest BCUT2D eigenvalue weighted by Gasteiger charge is 2.33. The molecule has 4 aromatic rings. The number of aromatic amines is 1. The topological polar surface area (TPSA) is 131 Å². The molecule has 0 spiro atoms. The van der Waals surface area contributed by atoms with Gasteiger partial charge in [-0.3, -0.25) is 14.6 Å². The fraction of sp³-hybridized carbons (Fsp3) is 0.360. The smallest absolute Gasteiger partial charge is 0.255 e. The second-order valence-electron chi connectivity index (χ2n) is 9.27. The number of nitrogens with zero attached hydrogens (tertiary/aromatic N) is 6. The number of fused-ring (bicyclic) bond motifs is 2. The molecule has 36 heavy (non-hydrogen) atoms. The monoisotopic (exact) mass is 500 g/mol. The Kier molecular flexibility index (Phi) is 5.53. The molecule has 0 aromatic carbocycles. The van der Waals surface area contributed by atoms with Gasteiger partial charge in [0.2, 0.25) is 5.91 Å². The van der Waals surface area contributed by atoms with E-state index in [2.05, 4.69) is 37.3 Å². The van der Waals surface area contributed by atoms with Crippen LogP contribution in [0.5, 0.6) is 0 Å². The molecule has 10 nitrogen and oxygen atoms in total. The normalized spacial score (nSPS) is 16.8. The van der Waals surface area contributed by atoms with Gasteiger partial charge in [0.05, 0.1) is 50.2 Å². The minimum atomic E-state index is -0.712. The van der Waals surface area contributed by atoms with E-state index in [1.807, 2.05) is 12.3 Å². The maximum Gasteiger partial charge on any atom is 0.255 e. The number of carbonyl (C=O) groups excluding carboxylic acids is 2. The van der Waals surface area contributed by atoms with Crippen molar-refractivity contribution in [3.63, 3.8) is 0 Å². The minimum Gasteiger partial charge on any atom is -0.370 e. The lowest BCUT2D eigenvalue weighted by atomic mass is 10.0. The van der Waals surface area contributed by atoms with Crippen LogP contribution in [0.4, 0.5) is 5.69 Å². The molecule has 2 saturated heterocycles. The molecular weight excluding hydrogens is 476 g/mol. The quantitative estimate of drug-likeness (QED) is 0.431. The fourth-order valence-corrected chi connectivity index (χ4v) is 5.90. The van der Waals surface area contributed by atoms with Crippen LogP contribution in [-0.4, -0.2) is 68.9 Å². The summed E-state index contributed by atoms with van der Waals surface area (Å²) in [7, 11) is 0. The van der Waals surface area contributed by atoms with Gasteiger partial charge in [0.1, 0.15) is 11.6 Å². The van der Waals surface area contributed by atoms with E-state index in [9.17, 15) is 9.59 Å². The summed E-state index contributed by atoms with van der Waals surface area (Å²) < 4.78 is 1.13. The summed E-state index contributed by atoms with van der Waals surface area (Å²) in [5.41, 5.74) is 4.06. The van der Waals surface area contributed by atoms with Crippen LogP contribution in [0.25, 0.3) is 32.0 Å². The zero-order valence-electron chi connectivity index (χ0n) is 19.7. The molecule has 182 valence electrons. The summed E-state index contributed by atoms with van der Waals surface area (Å²) in [4.78, 5) is 47.3. The zero-order chi connectivity index (χ0) is 24.8. The van der Waals surface area contributed by atoms with Gasteiger partial charge >= 0.3 is 0 Å². The number of amides is 2. The molecule has 11 heteroatoms. The predicted molar refractivity (Wildman–Crippen MR) is 137 cm³/mol. The fourth-order valence-electron chi connectivity index (χ4n) is 4.79. The van der Waals surface area contributed by atoms with E-state index in [0.717, 1.165) is 28.2 Å². The highest BCUT2D eigenvalue weighted by atomic mass is 32.1. The van der Waals surface area contributed by atoms with Crippen molar-refractivity contribution < 1.29 is 9.59 Å². The summed E-state index contributed by atoms with van der Waals surface area (Å²) in [6.45, 7) is 4.56. The van der Waals surface area contributed by atoms with Crippen LogP contribution in [0.15, 0.2) is 30.7 Å². The molecule has 2 amide bonds. The molecule has 6 heterocycles. The summed E-state index contributed by atoms with van der Waals surface area (Å²) in [5.74, 6) is -0.733. The second-order valence-corrected chi connectivity index (χ2v) is 10.3. The molecule has 2 N–H and O–H groups in total. The lowest BCUT2D eigenvalue weighted by Crippen LogP contribution is -2.55. The Balaban J connectivity index is 1.26. The standard InChI is InChI=1S/C25H24N8O2S/c1-14(25(35)33-12-15(9-26)13-33)30-24(34)16-10-28-23-21(16)31-18(11-29-23)20-8-17-22(36-20)19(4-5-27-17)32-6-2-3-7-32/h4-5,8,10-11,14-15H,2-3,6-7,12-13H2,1H3,(H,28,29)(H,30,34)/t14-/m1/s1. The highest BCUT2D eigenvalue weighted by Crippen LogP contribution is 2.38. The van der Waals surface area contributed by atoms with Crippen LogP contribution < -0.4 is 10.2 Å². The number of hydrogen-bond acceptors (Lipinski definition) is 8. The molecule has 2 fully saturated rings. The molecule has 0 saturated carbocycles. The van der Waals surface area contributed by atoms with Gasteiger partial charge in [-0.2, -0.15) is 5.26 Å². The highest BCUT2D eigenvalue weighted by molar-refractivity contribution is 7.22. The van der Waals surface area contributed by atoms with Crippen LogP contribution in [0.2, 0.25) is 0 Å². The number of aromatic nitrogens is 4. The first kappa shape index (κ1) is 22.4. The van der Waals surface area contributed by atoms with E-state index in [-0.39, 0.29) is 11.8 Å². The summed E-state index contributed by atoms with van der Waals surface area (Å²) in [6.07, 6.45) is 7.51. The zero-order valence-corrected chi connectivity index (χ0v) is 20.5. The van der Waals surface area contributed by atoms with E-state index < -0.39 is 11.9 Å². The van der Waals surface area contributed by atoms with Gasteiger partial charge in [0.25, 0.3) is 5.91 Å². The van der Waals surface area contributed by atoms with Gasteiger partial charge in [-0.15, -0.1) is 11.3 Å². The number of hydrogen-bond donors (Lipinski definition) is 2. The molecule has 6 rings (SSSR count). The Morgan fingerprint density at radius 3 is 2.86 bits per heavy atom. The molecule has 0 bridgehead atoms. The van der Waals surface area contributed by atoms with Crippen molar-refractivity contribution in [3.05, 3.63) is 36.3 Å². The molecule has 2 aliphatic heterocycles. The van der Waals surface area contributed by atoms with E-state index in [1.54, 1.807) is 35.6 Å². The van der Waals surface area contributed by atoms with Crippen molar-refractivity contribution in [1.29, 1.82) is 5.26 Å². The van der Waals surface area contributed by atoms with Crippen molar-refractivity contribution in [1.82, 2.24) is 30.2 Å². The molecule has 0 radical (unpaired) electrons. The van der Waals surface area contributed by atoms with E-state index in [4.69, 9.17) is 10.2 Å². The summed E-state index contributed by atoms with van der Waals surface area (Å²) >= 11 is 1.63. The van der Waals surface area contributed by atoms with Crippen molar-refractivity contribution in [3.8, 4) is 16.6 Å². The number of thiophene rings is 1. The van der Waals surface area contributed by atoms with Gasteiger partial charge in [0, 0.05) is 38.6 Å². The van der Waals surface area contributed by atoms with Crippen molar-refractivity contribution >= 4 is 50.2 Å². The first-order chi connectivity index (χ1) is 17.5. The number of nitriles is 1. The van der Waals surface area contributed by atoms with Crippen LogP contribution in [0, 0.1) is 17.2 Å². The van der Waals surface area contributed by atoms with Gasteiger partial charge in [-0.25, -0.2) is 9.97 Å². The molecule has 1 atom stereocenters. The van der Waals surface area contributed by atoms with Crippen LogP contribution in [-0.2, 0) is 4.79 Å². The van der Waals surface area contributed by atoms with Crippen molar-refractivity contribution in [2.75, 3.05) is 31.1 Å². The van der Waals surface area contributed by atoms with Crippen molar-refractivity contribution in [2.45, 2.75) is 25.8 Å². The van der Waals surface area contributed by atoms with Gasteiger partial charge in [0.15, 0.2) is 5.65 Å². The van der Waals surface area contributed by atoms with E-state index >= 15 is 0 Å². The summed E-state index contributed by atoms with van der Waals surface area (Å²) in [6, 6.07) is 5.52. The third-order valence-corrected chi connectivity index (χ3v) is 7.98. The summed E-state index contributed by atoms with van der Waals surface area (Å²) in [5, 5.41) is 11.7. The number of carbonyl (C=O) groups is 2. The van der Waals surface area contributed by atoms with Crippen LogP contribution in [0.1, 0.15) is 30.1 Å². The Morgan fingerprint density at radius 1 is 1.28 bits per heavy atom. The molecule has 0 unspecified atom stereocenters. The maximum absolute atomic E-state index is 13.0. The predicted octanol–water partition coefficient (Wildman–Crippen LogP) is 2.94. The maximum atomic E-state index is 13.0. The molecular formula is C25H24N8O2S. The first-order valence-electron chi connectivity index (χ1n) is 12.0. The Morgan fingerprint density at radius 2 is 2.08 bits per heavy atom. The van der Waals surface area contributed by atoms with Crippen LogP contribution >= 0.6 is 11.3 Å². The lowest BCUT2D eigenvalue weighted by molar-refractivity contribution is -0.137. The number of H-pyrrole nitrogens is 1. The average molecular weight is 501 g/mol. The van der Waals surface area contributed by atoms with Crippen molar-refractivity contribution in [2.24, 2.45) is 5.92 Å². The van der Waals surface area contributed by atoms with Crippen LogP contribution in [0.3, 0.4) is 0 Å². The first-order valence-corrected chi connectivity index (χ1v) is 12.8. The van der Waals surface area contributed by atoms with E-state index in [0.29, 0.717) is 35.5 Å². The average Bonchev–Trinajstić information content (AvgIpc) is 3.61. The number of rotatable bonds is 5. The Hall–Kier alpha value is -4.04. The van der Waals surface area contributed by atoms with Gasteiger partial charge in [-0.1, -0.05) is 0 Å². The second kappa shape index (κ2) is 8.87. The van der Waals surface area contributed by atoms with E-state index in [1.165, 1.54) is 18.5 Å². The number of likely N-dealkylation sites (tertiary alicyclic amines) is 1. The SMILES string of the molecule is C[C@@H](NC(=O)c1c[nH]c2ncc(-c3cc4nccc(N5CCCC5)c4s3)nc12)C(=O)N1CC(C#N)C1. The third kappa shape index (κ3) is 3.83. The largest absolute Gasteiger partial charge is 0.370 e. The minimum absolute atomic E-state index is 0.130. The van der Waals surface area contributed by atoms with Gasteiger partial charge in [-0.05, 0) is 31.9 Å². The Labute approximate surface area is 211 Å². The number of nitrogens with one attached hydrogen (secondary N) is 2. The molecule has 0 aliphatic carbocycles. The molecule has 4 aromatic heterocycles. The number of pyridine rings is 1. The Bertz CT molecular complexity index is 1520. The third-order valence-electron chi connectivity index (χ3n) is 6.81. The lowest BCUT2D eigenvalue weighted by Gasteiger charge is -2.37.